The molecule has 3 rings (SSSR count). The predicted octanol–water partition coefficient (Wildman–Crippen LogP) is 2.70. The van der Waals surface area contributed by atoms with Crippen molar-refractivity contribution in [3.8, 4) is 5.75 Å². The highest BCUT2D eigenvalue weighted by Gasteiger charge is 2.29. The van der Waals surface area contributed by atoms with Gasteiger partial charge >= 0.3 is 0 Å². The van der Waals surface area contributed by atoms with Crippen molar-refractivity contribution in [3.05, 3.63) is 33.8 Å². The van der Waals surface area contributed by atoms with Crippen LogP contribution in [0.5, 0.6) is 5.75 Å². The van der Waals surface area contributed by atoms with Crippen LogP contribution in [0.2, 0.25) is 5.02 Å². The zero-order valence-electron chi connectivity index (χ0n) is 10.7. The van der Waals surface area contributed by atoms with Crippen molar-refractivity contribution >= 4 is 34.0 Å². The van der Waals surface area contributed by atoms with Crippen LogP contribution in [0.1, 0.15) is 17.5 Å². The Labute approximate surface area is 124 Å². The van der Waals surface area contributed by atoms with Gasteiger partial charge in [-0.15, -0.1) is 10.2 Å². The highest BCUT2D eigenvalue weighted by atomic mass is 35.5. The maximum atomic E-state index is 12.1. The first kappa shape index (κ1) is 13.3. The summed E-state index contributed by atoms with van der Waals surface area (Å²) in [5.41, 5.74) is 0.948. The largest absolute Gasteiger partial charge is 0.480 e. The van der Waals surface area contributed by atoms with E-state index in [1.54, 1.807) is 12.1 Å². The van der Waals surface area contributed by atoms with Crippen LogP contribution >= 0.6 is 22.9 Å². The molecule has 0 unspecified atom stereocenters. The van der Waals surface area contributed by atoms with Gasteiger partial charge in [0.2, 0.25) is 5.13 Å². The van der Waals surface area contributed by atoms with Crippen LogP contribution in [-0.2, 0) is 17.6 Å². The molecular weight excluding hydrogens is 298 g/mol. The van der Waals surface area contributed by atoms with Gasteiger partial charge in [-0.25, -0.2) is 0 Å². The molecular formula is C13H12ClN3O2S. The Morgan fingerprint density at radius 2 is 2.40 bits per heavy atom. The van der Waals surface area contributed by atoms with Gasteiger partial charge in [0.25, 0.3) is 5.91 Å². The van der Waals surface area contributed by atoms with Gasteiger partial charge in [0, 0.05) is 11.4 Å². The van der Waals surface area contributed by atoms with Crippen molar-refractivity contribution < 1.29 is 9.53 Å². The van der Waals surface area contributed by atoms with Crippen molar-refractivity contribution in [2.24, 2.45) is 0 Å². The summed E-state index contributed by atoms with van der Waals surface area (Å²) in [6.07, 6.45) is 0.774. The highest BCUT2D eigenvalue weighted by Crippen LogP contribution is 2.31. The molecule has 1 aromatic heterocycles. The van der Waals surface area contributed by atoms with Crippen LogP contribution in [0.15, 0.2) is 18.2 Å². The average Bonchev–Trinajstić information content (AvgIpc) is 3.04. The summed E-state index contributed by atoms with van der Waals surface area (Å²) in [4.78, 5) is 12.1. The zero-order valence-corrected chi connectivity index (χ0v) is 12.3. The normalized spacial score (nSPS) is 16.6. The number of nitrogens with one attached hydrogen (secondary N) is 1. The fraction of sp³-hybridized carbons (Fsp3) is 0.308. The Morgan fingerprint density at radius 1 is 1.55 bits per heavy atom. The molecule has 2 aromatic rings. The average molecular weight is 310 g/mol. The number of carbonyl (C=O) groups excluding carboxylic acids is 1. The topological polar surface area (TPSA) is 64.1 Å². The SMILES string of the molecule is CCc1nnc(NC(=O)[C@@H]2Cc3cc(Cl)ccc3O2)s1. The van der Waals surface area contributed by atoms with Gasteiger partial charge in [-0.2, -0.15) is 0 Å². The third-order valence-electron chi connectivity index (χ3n) is 2.99. The number of ether oxygens (including phenoxy) is 1. The second kappa shape index (κ2) is 5.38. The first-order chi connectivity index (χ1) is 9.65. The van der Waals surface area contributed by atoms with Gasteiger partial charge in [0.05, 0.1) is 0 Å². The van der Waals surface area contributed by atoms with Crippen molar-refractivity contribution in [2.75, 3.05) is 5.32 Å². The lowest BCUT2D eigenvalue weighted by Crippen LogP contribution is -2.31. The monoisotopic (exact) mass is 309 g/mol. The quantitative estimate of drug-likeness (QED) is 0.947. The molecule has 0 aliphatic carbocycles. The first-order valence-electron chi connectivity index (χ1n) is 6.24. The number of anilines is 1. The van der Waals surface area contributed by atoms with Crippen molar-refractivity contribution in [3.63, 3.8) is 0 Å². The molecule has 0 bridgehead atoms. The van der Waals surface area contributed by atoms with Crippen LogP contribution in [0.4, 0.5) is 5.13 Å². The molecule has 2 heterocycles. The van der Waals surface area contributed by atoms with Crippen molar-refractivity contribution in [1.82, 2.24) is 10.2 Å². The Hall–Kier alpha value is -1.66. The number of aromatic nitrogens is 2. The van der Waals surface area contributed by atoms with Gasteiger partial charge in [-0.05, 0) is 30.2 Å². The Morgan fingerprint density at radius 3 is 3.15 bits per heavy atom. The Balaban J connectivity index is 1.68. The van der Waals surface area contributed by atoms with Gasteiger partial charge in [-0.3, -0.25) is 10.1 Å². The molecule has 1 aliphatic rings. The second-order valence-electron chi connectivity index (χ2n) is 4.41. The number of rotatable bonds is 3. The summed E-state index contributed by atoms with van der Waals surface area (Å²) in [5.74, 6) is 0.497. The lowest BCUT2D eigenvalue weighted by molar-refractivity contribution is -0.122. The van der Waals surface area contributed by atoms with Crippen LogP contribution in [0.25, 0.3) is 0 Å². The lowest BCUT2D eigenvalue weighted by Gasteiger charge is -2.08. The minimum atomic E-state index is -0.544. The molecule has 7 heteroatoms. The zero-order chi connectivity index (χ0) is 14.1. The standard InChI is InChI=1S/C13H12ClN3O2S/c1-2-11-16-17-13(20-11)15-12(18)10-6-7-5-8(14)3-4-9(7)19-10/h3-5,10H,2,6H2,1H3,(H,15,17,18)/t10-/m0/s1. The van der Waals surface area contributed by atoms with Gasteiger partial charge < -0.3 is 4.74 Å². The van der Waals surface area contributed by atoms with Crippen molar-refractivity contribution in [2.45, 2.75) is 25.9 Å². The fourth-order valence-electron chi connectivity index (χ4n) is 2.00. The van der Waals surface area contributed by atoms with Crippen LogP contribution < -0.4 is 10.1 Å². The number of hydrogen-bond donors (Lipinski definition) is 1. The van der Waals surface area contributed by atoms with E-state index in [9.17, 15) is 4.79 Å². The van der Waals surface area contributed by atoms with E-state index in [1.165, 1.54) is 11.3 Å². The van der Waals surface area contributed by atoms with Crippen LogP contribution in [0, 0.1) is 0 Å². The summed E-state index contributed by atoms with van der Waals surface area (Å²) in [6.45, 7) is 1.99. The third kappa shape index (κ3) is 2.62. The van der Waals surface area contributed by atoms with Gasteiger partial charge in [0.1, 0.15) is 10.8 Å². The molecule has 0 spiro atoms. The Bertz CT molecular complexity index is 659. The highest BCUT2D eigenvalue weighted by molar-refractivity contribution is 7.15. The predicted molar refractivity (Wildman–Crippen MR) is 77.5 cm³/mol. The van der Waals surface area contributed by atoms with Crippen LogP contribution in [-0.4, -0.2) is 22.2 Å². The second-order valence-corrected chi connectivity index (χ2v) is 5.90. The van der Waals surface area contributed by atoms with E-state index in [4.69, 9.17) is 16.3 Å². The number of carbonyl (C=O) groups is 1. The summed E-state index contributed by atoms with van der Waals surface area (Å²) in [6, 6.07) is 5.36. The fourth-order valence-corrected chi connectivity index (χ4v) is 2.87. The number of aryl methyl sites for hydroxylation is 1. The maximum absolute atomic E-state index is 12.1. The van der Waals surface area contributed by atoms with E-state index >= 15 is 0 Å². The number of nitrogens with zero attached hydrogens (tertiary/aromatic N) is 2. The molecule has 1 atom stereocenters. The summed E-state index contributed by atoms with van der Waals surface area (Å²) in [7, 11) is 0. The van der Waals surface area contributed by atoms with E-state index in [0.29, 0.717) is 22.3 Å². The molecule has 1 N–H and O–H groups in total. The summed E-state index contributed by atoms with van der Waals surface area (Å²) in [5, 5.41) is 12.7. The molecule has 1 aromatic carbocycles. The number of fused-ring (bicyclic) bond motifs is 1. The van der Waals surface area contributed by atoms with E-state index in [1.807, 2.05) is 13.0 Å². The molecule has 0 fully saturated rings. The van der Waals surface area contributed by atoms with Gasteiger partial charge in [0.15, 0.2) is 6.10 Å². The minimum absolute atomic E-state index is 0.212. The van der Waals surface area contributed by atoms with Crippen molar-refractivity contribution in [1.29, 1.82) is 0 Å². The molecule has 0 radical (unpaired) electrons. The maximum Gasteiger partial charge on any atom is 0.267 e. The van der Waals surface area contributed by atoms with Gasteiger partial charge in [-0.1, -0.05) is 29.9 Å². The van der Waals surface area contributed by atoms with E-state index in [-0.39, 0.29) is 5.91 Å². The van der Waals surface area contributed by atoms with E-state index < -0.39 is 6.10 Å². The molecule has 5 nitrogen and oxygen atoms in total. The lowest BCUT2D eigenvalue weighted by atomic mass is 10.1. The third-order valence-corrected chi connectivity index (χ3v) is 4.21. The minimum Gasteiger partial charge on any atom is -0.480 e. The number of benzene rings is 1. The first-order valence-corrected chi connectivity index (χ1v) is 7.43. The van der Waals surface area contributed by atoms with Crippen LogP contribution in [0.3, 0.4) is 0 Å². The number of hydrogen-bond acceptors (Lipinski definition) is 5. The molecule has 1 aliphatic heterocycles. The summed E-state index contributed by atoms with van der Waals surface area (Å²) < 4.78 is 5.61. The molecule has 0 saturated carbocycles. The Kier molecular flexibility index (Phi) is 3.58. The molecule has 104 valence electrons. The molecule has 1 amide bonds. The molecule has 0 saturated heterocycles. The van der Waals surface area contributed by atoms with E-state index in [2.05, 4.69) is 15.5 Å². The molecule has 20 heavy (non-hydrogen) atoms. The number of amides is 1. The summed E-state index contributed by atoms with van der Waals surface area (Å²) >= 11 is 7.30. The number of halogens is 1. The van der Waals surface area contributed by atoms with E-state index in [0.717, 1.165) is 17.0 Å². The smallest absolute Gasteiger partial charge is 0.267 e.